The lowest BCUT2D eigenvalue weighted by atomic mass is 10.1. The molecule has 0 aliphatic carbocycles. The molecule has 0 saturated heterocycles. The highest BCUT2D eigenvalue weighted by molar-refractivity contribution is 9.10. The van der Waals surface area contributed by atoms with Crippen molar-refractivity contribution in [1.82, 2.24) is 10.2 Å². The van der Waals surface area contributed by atoms with Crippen molar-refractivity contribution in [3.05, 3.63) is 93.4 Å². The highest BCUT2D eigenvalue weighted by atomic mass is 79.9. The number of hydrogen-bond donors (Lipinski definition) is 1. The Labute approximate surface area is 238 Å². The third-order valence-electron chi connectivity index (χ3n) is 5.81. The van der Waals surface area contributed by atoms with Gasteiger partial charge in [-0.15, -0.1) is 0 Å². The molecular weight excluding hydrogens is 590 g/mol. The van der Waals surface area contributed by atoms with E-state index in [0.717, 1.165) is 19.9 Å². The van der Waals surface area contributed by atoms with Crippen LogP contribution in [0, 0.1) is 6.92 Å². The number of aryl methyl sites for hydroxylation is 1. The van der Waals surface area contributed by atoms with E-state index >= 15 is 0 Å². The molecule has 3 aromatic carbocycles. The lowest BCUT2D eigenvalue weighted by Gasteiger charge is -2.32. The fourth-order valence-electron chi connectivity index (χ4n) is 3.87. The number of anilines is 1. The highest BCUT2D eigenvalue weighted by Gasteiger charge is 2.32. The third kappa shape index (κ3) is 7.58. The van der Waals surface area contributed by atoms with E-state index in [2.05, 4.69) is 21.2 Å². The zero-order valence-electron chi connectivity index (χ0n) is 21.7. The van der Waals surface area contributed by atoms with Crippen LogP contribution in [0.2, 0.25) is 5.02 Å². The SMILES string of the molecule is Cc1cccc(N(CC(=O)N(Cc2cccc(Br)c2)[C@@H](C)C(=O)NC(C)C)S(=O)(=O)c2ccc(Cl)cc2)c1. The molecule has 2 amide bonds. The second-order valence-corrected chi connectivity index (χ2v) is 12.5. The highest BCUT2D eigenvalue weighted by Crippen LogP contribution is 2.26. The summed E-state index contributed by atoms with van der Waals surface area (Å²) in [5, 5.41) is 3.24. The predicted molar refractivity (Wildman–Crippen MR) is 155 cm³/mol. The van der Waals surface area contributed by atoms with Gasteiger partial charge in [0, 0.05) is 22.1 Å². The summed E-state index contributed by atoms with van der Waals surface area (Å²) in [6.07, 6.45) is 0. The normalized spacial score (nSPS) is 12.2. The predicted octanol–water partition coefficient (Wildman–Crippen LogP) is 5.55. The molecule has 0 radical (unpaired) electrons. The zero-order chi connectivity index (χ0) is 28.0. The largest absolute Gasteiger partial charge is 0.352 e. The minimum Gasteiger partial charge on any atom is -0.352 e. The van der Waals surface area contributed by atoms with Crippen LogP contribution in [-0.4, -0.2) is 43.8 Å². The molecule has 0 bridgehead atoms. The smallest absolute Gasteiger partial charge is 0.264 e. The van der Waals surface area contributed by atoms with Crippen LogP contribution in [0.4, 0.5) is 5.69 Å². The maximum absolute atomic E-state index is 13.9. The molecule has 0 aliphatic heterocycles. The molecule has 202 valence electrons. The molecule has 38 heavy (non-hydrogen) atoms. The molecule has 0 unspecified atom stereocenters. The van der Waals surface area contributed by atoms with Crippen molar-refractivity contribution >= 4 is 55.1 Å². The summed E-state index contributed by atoms with van der Waals surface area (Å²) in [4.78, 5) is 28.2. The quantitative estimate of drug-likeness (QED) is 0.322. The lowest BCUT2D eigenvalue weighted by Crippen LogP contribution is -2.52. The van der Waals surface area contributed by atoms with Crippen LogP contribution in [0.25, 0.3) is 0 Å². The molecule has 3 aromatic rings. The number of halogens is 2. The van der Waals surface area contributed by atoms with Crippen molar-refractivity contribution in [2.24, 2.45) is 0 Å². The molecule has 0 fully saturated rings. The van der Waals surface area contributed by atoms with E-state index in [-0.39, 0.29) is 23.4 Å². The third-order valence-corrected chi connectivity index (χ3v) is 8.34. The Balaban J connectivity index is 2.03. The monoisotopic (exact) mass is 619 g/mol. The number of sulfonamides is 1. The minimum absolute atomic E-state index is 0.000320. The molecule has 7 nitrogen and oxygen atoms in total. The molecule has 0 aliphatic rings. The average Bonchev–Trinajstić information content (AvgIpc) is 2.85. The lowest BCUT2D eigenvalue weighted by molar-refractivity contribution is -0.139. The number of nitrogens with zero attached hydrogens (tertiary/aromatic N) is 2. The Hall–Kier alpha value is -2.88. The molecule has 1 N–H and O–H groups in total. The zero-order valence-corrected chi connectivity index (χ0v) is 24.8. The van der Waals surface area contributed by atoms with E-state index in [4.69, 9.17) is 11.6 Å². The fourth-order valence-corrected chi connectivity index (χ4v) is 5.84. The first-order valence-corrected chi connectivity index (χ1v) is 14.7. The van der Waals surface area contributed by atoms with Crippen molar-refractivity contribution in [1.29, 1.82) is 0 Å². The van der Waals surface area contributed by atoms with E-state index in [1.807, 2.05) is 51.1 Å². The van der Waals surface area contributed by atoms with Gasteiger partial charge in [-0.3, -0.25) is 13.9 Å². The molecule has 0 aromatic heterocycles. The van der Waals surface area contributed by atoms with Crippen LogP contribution in [0.3, 0.4) is 0 Å². The van der Waals surface area contributed by atoms with Gasteiger partial charge in [-0.1, -0.05) is 51.8 Å². The Morgan fingerprint density at radius 3 is 2.24 bits per heavy atom. The van der Waals surface area contributed by atoms with Gasteiger partial charge >= 0.3 is 0 Å². The first-order chi connectivity index (χ1) is 17.9. The first-order valence-electron chi connectivity index (χ1n) is 12.1. The van der Waals surface area contributed by atoms with E-state index < -0.39 is 28.5 Å². The summed E-state index contributed by atoms with van der Waals surface area (Å²) >= 11 is 9.43. The van der Waals surface area contributed by atoms with Crippen molar-refractivity contribution < 1.29 is 18.0 Å². The van der Waals surface area contributed by atoms with Crippen LogP contribution in [0.5, 0.6) is 0 Å². The van der Waals surface area contributed by atoms with Gasteiger partial charge < -0.3 is 10.2 Å². The van der Waals surface area contributed by atoms with Crippen LogP contribution in [-0.2, 0) is 26.2 Å². The van der Waals surface area contributed by atoms with Crippen LogP contribution < -0.4 is 9.62 Å². The number of carbonyl (C=O) groups excluding carboxylic acids is 2. The molecule has 3 rings (SSSR count). The summed E-state index contributed by atoms with van der Waals surface area (Å²) < 4.78 is 29.5. The number of rotatable bonds is 10. The summed E-state index contributed by atoms with van der Waals surface area (Å²) in [6.45, 7) is 6.77. The Morgan fingerprint density at radius 2 is 1.63 bits per heavy atom. The van der Waals surface area contributed by atoms with Gasteiger partial charge in [0.15, 0.2) is 0 Å². The van der Waals surface area contributed by atoms with E-state index in [1.165, 1.54) is 29.2 Å². The summed E-state index contributed by atoms with van der Waals surface area (Å²) in [6, 6.07) is 19.1. The Kier molecular flexibility index (Phi) is 9.98. The van der Waals surface area contributed by atoms with Crippen molar-refractivity contribution in [2.75, 3.05) is 10.8 Å². The van der Waals surface area contributed by atoms with Gasteiger partial charge in [-0.2, -0.15) is 0 Å². The fraction of sp³-hybridized carbons (Fsp3) is 0.286. The second kappa shape index (κ2) is 12.8. The van der Waals surface area contributed by atoms with Crippen LogP contribution >= 0.6 is 27.5 Å². The number of benzene rings is 3. The van der Waals surface area contributed by atoms with E-state index in [0.29, 0.717) is 10.7 Å². The molecule has 10 heteroatoms. The van der Waals surface area contributed by atoms with Crippen molar-refractivity contribution in [3.8, 4) is 0 Å². The maximum atomic E-state index is 13.9. The topological polar surface area (TPSA) is 86.8 Å². The molecule has 0 heterocycles. The van der Waals surface area contributed by atoms with Gasteiger partial charge in [0.2, 0.25) is 11.8 Å². The van der Waals surface area contributed by atoms with Crippen LogP contribution in [0.15, 0.2) is 82.2 Å². The number of amides is 2. The standard InChI is InChI=1S/C28H31BrClN3O4S/c1-19(2)31-28(35)21(4)32(17-22-8-6-9-23(29)16-22)27(34)18-33(25-10-5-7-20(3)15-25)38(36,37)26-13-11-24(30)12-14-26/h5-16,19,21H,17-18H2,1-4H3,(H,31,35)/t21-/m0/s1. The summed E-state index contributed by atoms with van der Waals surface area (Å²) in [7, 11) is -4.14. The van der Waals surface area contributed by atoms with Gasteiger partial charge in [0.1, 0.15) is 12.6 Å². The Bertz CT molecular complexity index is 1400. The number of nitrogens with one attached hydrogen (secondary N) is 1. The average molecular weight is 621 g/mol. The van der Waals surface area contributed by atoms with E-state index in [9.17, 15) is 18.0 Å². The maximum Gasteiger partial charge on any atom is 0.264 e. The second-order valence-electron chi connectivity index (χ2n) is 9.30. The van der Waals surface area contributed by atoms with Crippen molar-refractivity contribution in [3.63, 3.8) is 0 Å². The Morgan fingerprint density at radius 1 is 0.974 bits per heavy atom. The van der Waals surface area contributed by atoms with Gasteiger partial charge in [-0.05, 0) is 87.4 Å². The van der Waals surface area contributed by atoms with Gasteiger partial charge in [0.25, 0.3) is 10.0 Å². The van der Waals surface area contributed by atoms with Crippen LogP contribution in [0.1, 0.15) is 31.9 Å². The van der Waals surface area contributed by atoms with E-state index in [1.54, 1.807) is 25.1 Å². The van der Waals surface area contributed by atoms with Gasteiger partial charge in [-0.25, -0.2) is 8.42 Å². The summed E-state index contributed by atoms with van der Waals surface area (Å²) in [5.74, 6) is -0.846. The molecule has 0 saturated carbocycles. The number of carbonyl (C=O) groups is 2. The molecule has 1 atom stereocenters. The first kappa shape index (κ1) is 29.7. The summed E-state index contributed by atoms with van der Waals surface area (Å²) in [5.41, 5.74) is 1.97. The minimum atomic E-state index is -4.14. The van der Waals surface area contributed by atoms with Crippen molar-refractivity contribution in [2.45, 2.75) is 51.2 Å². The van der Waals surface area contributed by atoms with Gasteiger partial charge in [0.05, 0.1) is 10.6 Å². The number of hydrogen-bond acceptors (Lipinski definition) is 4. The molecule has 0 spiro atoms. The molecular formula is C28H31BrClN3O4S.